The summed E-state index contributed by atoms with van der Waals surface area (Å²) in [5, 5.41) is 23.0. The molecule has 0 fully saturated rings. The number of nitro groups is 1. The van der Waals surface area contributed by atoms with E-state index in [0.29, 0.717) is 15.7 Å². The summed E-state index contributed by atoms with van der Waals surface area (Å²) < 4.78 is 0. The van der Waals surface area contributed by atoms with E-state index in [4.69, 9.17) is 11.6 Å². The van der Waals surface area contributed by atoms with Gasteiger partial charge in [0.25, 0.3) is 5.69 Å². The highest BCUT2D eigenvalue weighted by Gasteiger charge is 2.15. The first-order chi connectivity index (χ1) is 13.0. The summed E-state index contributed by atoms with van der Waals surface area (Å²) in [7, 11) is 0. The maximum atomic E-state index is 12.1. The number of halogens is 1. The first kappa shape index (κ1) is 18.8. The van der Waals surface area contributed by atoms with Gasteiger partial charge in [-0.25, -0.2) is 0 Å². The molecule has 1 N–H and O–H groups in total. The fourth-order valence-electron chi connectivity index (χ4n) is 2.24. The minimum atomic E-state index is -0.538. The molecule has 0 aliphatic carbocycles. The first-order valence-electron chi connectivity index (χ1n) is 7.78. The van der Waals surface area contributed by atoms with Crippen LogP contribution in [0.1, 0.15) is 0 Å². The molecule has 2 aromatic carbocycles. The van der Waals surface area contributed by atoms with Crippen LogP contribution >= 0.6 is 23.4 Å². The van der Waals surface area contributed by atoms with Crippen molar-refractivity contribution in [3.05, 3.63) is 75.8 Å². The molecule has 0 saturated heterocycles. The molecule has 1 amide bonds. The van der Waals surface area contributed by atoms with Crippen LogP contribution in [-0.4, -0.2) is 26.8 Å². The van der Waals surface area contributed by atoms with Gasteiger partial charge in [-0.1, -0.05) is 47.6 Å². The van der Waals surface area contributed by atoms with Gasteiger partial charge in [-0.3, -0.25) is 14.9 Å². The highest BCUT2D eigenvalue weighted by Crippen LogP contribution is 2.24. The van der Waals surface area contributed by atoms with E-state index < -0.39 is 4.92 Å². The van der Waals surface area contributed by atoms with Crippen LogP contribution in [0.3, 0.4) is 0 Å². The lowest BCUT2D eigenvalue weighted by Gasteiger charge is -2.06. The van der Waals surface area contributed by atoms with Crippen molar-refractivity contribution in [3.8, 4) is 11.3 Å². The fourth-order valence-corrected chi connectivity index (χ4v) is 2.98. The van der Waals surface area contributed by atoms with Gasteiger partial charge in [-0.2, -0.15) is 0 Å². The molecule has 0 bridgehead atoms. The second-order valence-corrected chi connectivity index (χ2v) is 6.81. The Bertz CT molecular complexity index is 965. The minimum absolute atomic E-state index is 0.0566. The summed E-state index contributed by atoms with van der Waals surface area (Å²) in [6, 6.07) is 16.8. The molecule has 0 unspecified atom stereocenters. The molecule has 0 atom stereocenters. The molecular weight excluding hydrogens is 388 g/mol. The third-order valence-corrected chi connectivity index (χ3v) is 4.68. The molecule has 27 heavy (non-hydrogen) atoms. The van der Waals surface area contributed by atoms with E-state index in [1.807, 2.05) is 12.1 Å². The standard InChI is InChI=1S/C18H13ClN4O3S/c19-13-7-5-12(6-8-13)14-9-10-18(22-21-14)27-11-17(24)20-15-3-1-2-4-16(15)23(25)26/h1-10H,11H2,(H,20,24). The van der Waals surface area contributed by atoms with E-state index in [1.54, 1.807) is 36.4 Å². The highest BCUT2D eigenvalue weighted by atomic mass is 35.5. The number of thioether (sulfide) groups is 1. The third-order valence-electron chi connectivity index (χ3n) is 3.51. The maximum absolute atomic E-state index is 12.1. The Morgan fingerprint density at radius 2 is 1.81 bits per heavy atom. The summed E-state index contributed by atoms with van der Waals surface area (Å²) in [6.45, 7) is 0. The Kier molecular flexibility index (Phi) is 6.00. The lowest BCUT2D eigenvalue weighted by molar-refractivity contribution is -0.383. The second-order valence-electron chi connectivity index (χ2n) is 5.37. The molecule has 3 rings (SSSR count). The number of amides is 1. The topological polar surface area (TPSA) is 98.0 Å². The van der Waals surface area contributed by atoms with Crippen molar-refractivity contribution < 1.29 is 9.72 Å². The number of hydrogen-bond donors (Lipinski definition) is 1. The zero-order valence-corrected chi connectivity index (χ0v) is 15.4. The number of carbonyl (C=O) groups excluding carboxylic acids is 1. The van der Waals surface area contributed by atoms with Gasteiger partial charge in [0.15, 0.2) is 0 Å². The number of rotatable bonds is 6. The van der Waals surface area contributed by atoms with E-state index in [1.165, 1.54) is 23.9 Å². The predicted octanol–water partition coefficient (Wildman–Crippen LogP) is 4.44. The molecular formula is C18H13ClN4O3S. The molecule has 0 aliphatic heterocycles. The van der Waals surface area contributed by atoms with Crippen molar-refractivity contribution in [2.75, 3.05) is 11.1 Å². The number of aromatic nitrogens is 2. The van der Waals surface area contributed by atoms with E-state index in [0.717, 1.165) is 5.56 Å². The van der Waals surface area contributed by atoms with Crippen molar-refractivity contribution in [2.24, 2.45) is 0 Å². The van der Waals surface area contributed by atoms with E-state index in [9.17, 15) is 14.9 Å². The molecule has 0 radical (unpaired) electrons. The van der Waals surface area contributed by atoms with E-state index in [2.05, 4.69) is 15.5 Å². The zero-order valence-electron chi connectivity index (χ0n) is 13.8. The van der Waals surface area contributed by atoms with Gasteiger partial charge in [0, 0.05) is 16.7 Å². The summed E-state index contributed by atoms with van der Waals surface area (Å²) in [4.78, 5) is 22.5. The fraction of sp³-hybridized carbons (Fsp3) is 0.0556. The van der Waals surface area contributed by atoms with E-state index in [-0.39, 0.29) is 23.0 Å². The average Bonchev–Trinajstić information content (AvgIpc) is 2.68. The van der Waals surface area contributed by atoms with Gasteiger partial charge in [-0.05, 0) is 30.3 Å². The van der Waals surface area contributed by atoms with E-state index >= 15 is 0 Å². The third kappa shape index (κ3) is 5.02. The van der Waals surface area contributed by atoms with Gasteiger partial charge in [0.05, 0.1) is 16.4 Å². The van der Waals surface area contributed by atoms with Crippen LogP contribution in [0.15, 0.2) is 65.7 Å². The largest absolute Gasteiger partial charge is 0.320 e. The lowest BCUT2D eigenvalue weighted by Crippen LogP contribution is -2.15. The van der Waals surface area contributed by atoms with Gasteiger partial charge in [0.2, 0.25) is 5.91 Å². The lowest BCUT2D eigenvalue weighted by atomic mass is 10.1. The van der Waals surface area contributed by atoms with Gasteiger partial charge in [0.1, 0.15) is 10.7 Å². The number of benzene rings is 2. The van der Waals surface area contributed by atoms with Crippen LogP contribution in [0.25, 0.3) is 11.3 Å². The number of nitrogens with one attached hydrogen (secondary N) is 1. The molecule has 1 heterocycles. The molecule has 136 valence electrons. The number of carbonyl (C=O) groups is 1. The maximum Gasteiger partial charge on any atom is 0.292 e. The van der Waals surface area contributed by atoms with Crippen LogP contribution < -0.4 is 5.32 Å². The summed E-state index contributed by atoms with van der Waals surface area (Å²) in [5.74, 6) is -0.307. The van der Waals surface area contributed by atoms with Crippen molar-refractivity contribution in [1.82, 2.24) is 10.2 Å². The van der Waals surface area contributed by atoms with Crippen LogP contribution in [0.4, 0.5) is 11.4 Å². The number of hydrogen-bond acceptors (Lipinski definition) is 6. The Morgan fingerprint density at radius 1 is 1.07 bits per heavy atom. The summed E-state index contributed by atoms with van der Waals surface area (Å²) in [6.07, 6.45) is 0. The average molecular weight is 401 g/mol. The predicted molar refractivity (Wildman–Crippen MR) is 105 cm³/mol. The molecule has 7 nitrogen and oxygen atoms in total. The molecule has 0 aliphatic rings. The van der Waals surface area contributed by atoms with Crippen molar-refractivity contribution in [1.29, 1.82) is 0 Å². The Morgan fingerprint density at radius 3 is 2.48 bits per heavy atom. The quantitative estimate of drug-likeness (QED) is 0.373. The normalized spacial score (nSPS) is 10.4. The summed E-state index contributed by atoms with van der Waals surface area (Å²) in [5.41, 5.74) is 1.60. The van der Waals surface area contributed by atoms with Gasteiger partial charge >= 0.3 is 0 Å². The van der Waals surface area contributed by atoms with Crippen LogP contribution in [0.2, 0.25) is 5.02 Å². The molecule has 0 spiro atoms. The first-order valence-corrected chi connectivity index (χ1v) is 9.15. The minimum Gasteiger partial charge on any atom is -0.320 e. The van der Waals surface area contributed by atoms with Crippen molar-refractivity contribution in [3.63, 3.8) is 0 Å². The molecule has 3 aromatic rings. The highest BCUT2D eigenvalue weighted by molar-refractivity contribution is 7.99. The van der Waals surface area contributed by atoms with Crippen LogP contribution in [-0.2, 0) is 4.79 Å². The smallest absolute Gasteiger partial charge is 0.292 e. The number of para-hydroxylation sites is 2. The van der Waals surface area contributed by atoms with Gasteiger partial charge < -0.3 is 5.32 Å². The summed E-state index contributed by atoms with van der Waals surface area (Å²) >= 11 is 7.06. The van der Waals surface area contributed by atoms with Crippen molar-refractivity contribution in [2.45, 2.75) is 5.03 Å². The molecule has 0 saturated carbocycles. The monoisotopic (exact) mass is 400 g/mol. The molecule has 1 aromatic heterocycles. The number of nitrogens with zero attached hydrogens (tertiary/aromatic N) is 3. The number of nitro benzene ring substituents is 1. The Labute approximate surface area is 163 Å². The van der Waals surface area contributed by atoms with Crippen LogP contribution in [0.5, 0.6) is 0 Å². The van der Waals surface area contributed by atoms with Crippen LogP contribution in [0, 0.1) is 10.1 Å². The zero-order chi connectivity index (χ0) is 19.2. The number of anilines is 1. The van der Waals surface area contributed by atoms with Gasteiger partial charge in [-0.15, -0.1) is 10.2 Å². The Hall–Kier alpha value is -2.97. The SMILES string of the molecule is O=C(CSc1ccc(-c2ccc(Cl)cc2)nn1)Nc1ccccc1[N+](=O)[O-]. The second kappa shape index (κ2) is 8.61. The Balaban J connectivity index is 1.59. The molecule has 9 heteroatoms. The van der Waals surface area contributed by atoms with Crippen molar-refractivity contribution >= 4 is 40.6 Å².